The van der Waals surface area contributed by atoms with Crippen LogP contribution in [0.4, 0.5) is 5.82 Å². The van der Waals surface area contributed by atoms with Crippen LogP contribution >= 0.6 is 11.3 Å². The molecule has 3 heterocycles. The molecule has 124 valence electrons. The van der Waals surface area contributed by atoms with E-state index in [2.05, 4.69) is 15.3 Å². The number of nitrogens with one attached hydrogen (secondary N) is 1. The van der Waals surface area contributed by atoms with Gasteiger partial charge < -0.3 is 14.8 Å². The summed E-state index contributed by atoms with van der Waals surface area (Å²) in [7, 11) is 0. The van der Waals surface area contributed by atoms with Crippen LogP contribution in [0.15, 0.2) is 6.33 Å². The molecule has 5 nitrogen and oxygen atoms in total. The Morgan fingerprint density at radius 3 is 3.22 bits per heavy atom. The maximum atomic E-state index is 5.71. The van der Waals surface area contributed by atoms with Crippen molar-refractivity contribution in [2.24, 2.45) is 0 Å². The summed E-state index contributed by atoms with van der Waals surface area (Å²) < 4.78 is 11.3. The van der Waals surface area contributed by atoms with E-state index in [0.717, 1.165) is 49.9 Å². The summed E-state index contributed by atoms with van der Waals surface area (Å²) in [5.74, 6) is 0.994. The average molecular weight is 333 g/mol. The number of aryl methyl sites for hydroxylation is 2. The van der Waals surface area contributed by atoms with Crippen LogP contribution in [0.3, 0.4) is 0 Å². The molecule has 0 saturated carbocycles. The van der Waals surface area contributed by atoms with Gasteiger partial charge in [0.25, 0.3) is 0 Å². The van der Waals surface area contributed by atoms with Gasteiger partial charge in [-0.05, 0) is 44.1 Å². The molecule has 2 aromatic rings. The van der Waals surface area contributed by atoms with Crippen molar-refractivity contribution in [1.82, 2.24) is 9.97 Å². The highest BCUT2D eigenvalue weighted by atomic mass is 32.1. The lowest BCUT2D eigenvalue weighted by molar-refractivity contribution is 0.0172. The molecule has 2 aromatic heterocycles. The first-order chi connectivity index (χ1) is 11.4. The highest BCUT2D eigenvalue weighted by Gasteiger charge is 2.21. The summed E-state index contributed by atoms with van der Waals surface area (Å²) in [4.78, 5) is 11.5. The average Bonchev–Trinajstić information content (AvgIpc) is 3.27. The fraction of sp³-hybridized carbons (Fsp3) is 0.647. The Hall–Kier alpha value is -1.24. The third-order valence-corrected chi connectivity index (χ3v) is 5.79. The van der Waals surface area contributed by atoms with Crippen molar-refractivity contribution in [3.05, 3.63) is 16.8 Å². The van der Waals surface area contributed by atoms with E-state index in [-0.39, 0.29) is 0 Å². The number of aromatic nitrogens is 2. The van der Waals surface area contributed by atoms with Gasteiger partial charge in [0, 0.05) is 24.6 Å². The minimum absolute atomic E-state index is 0.317. The molecule has 0 bridgehead atoms. The van der Waals surface area contributed by atoms with Gasteiger partial charge >= 0.3 is 0 Å². The van der Waals surface area contributed by atoms with Crippen LogP contribution in [0.25, 0.3) is 10.2 Å². The van der Waals surface area contributed by atoms with Crippen molar-refractivity contribution in [1.29, 1.82) is 0 Å². The van der Waals surface area contributed by atoms with Gasteiger partial charge in [-0.25, -0.2) is 9.97 Å². The molecule has 1 atom stereocenters. The molecular formula is C17H23N3O2S. The molecule has 23 heavy (non-hydrogen) atoms. The molecule has 1 unspecified atom stereocenters. The minimum Gasteiger partial charge on any atom is -0.379 e. The topological polar surface area (TPSA) is 56.3 Å². The van der Waals surface area contributed by atoms with Gasteiger partial charge in [0.15, 0.2) is 0 Å². The molecule has 1 aliphatic carbocycles. The van der Waals surface area contributed by atoms with E-state index < -0.39 is 0 Å². The molecule has 1 aliphatic heterocycles. The molecule has 2 aliphatic rings. The fourth-order valence-electron chi connectivity index (χ4n) is 3.43. The molecule has 1 N–H and O–H groups in total. The van der Waals surface area contributed by atoms with Crippen LogP contribution in [0.5, 0.6) is 0 Å². The van der Waals surface area contributed by atoms with Crippen molar-refractivity contribution >= 4 is 27.4 Å². The zero-order valence-electron chi connectivity index (χ0n) is 13.3. The smallest absolute Gasteiger partial charge is 0.138 e. The predicted octanol–water partition coefficient (Wildman–Crippen LogP) is 3.18. The molecule has 0 radical (unpaired) electrons. The SMILES string of the molecule is c1nc(NCCCOCC2CCCO2)c2c3c(sc2n1)CCC3. The summed E-state index contributed by atoms with van der Waals surface area (Å²) in [6.45, 7) is 3.27. The van der Waals surface area contributed by atoms with Crippen molar-refractivity contribution in [3.63, 3.8) is 0 Å². The molecule has 1 saturated heterocycles. The Kier molecular flexibility index (Phi) is 4.73. The minimum atomic E-state index is 0.317. The Labute approximate surface area is 140 Å². The maximum absolute atomic E-state index is 5.71. The lowest BCUT2D eigenvalue weighted by Crippen LogP contribution is -2.15. The number of rotatable bonds is 7. The van der Waals surface area contributed by atoms with Gasteiger partial charge in [0.2, 0.25) is 0 Å². The highest BCUT2D eigenvalue weighted by molar-refractivity contribution is 7.19. The van der Waals surface area contributed by atoms with E-state index in [1.165, 1.54) is 41.5 Å². The zero-order valence-corrected chi connectivity index (χ0v) is 14.2. The van der Waals surface area contributed by atoms with E-state index >= 15 is 0 Å². The largest absolute Gasteiger partial charge is 0.379 e. The highest BCUT2D eigenvalue weighted by Crippen LogP contribution is 2.38. The Morgan fingerprint density at radius 1 is 1.30 bits per heavy atom. The first-order valence-corrected chi connectivity index (χ1v) is 9.42. The van der Waals surface area contributed by atoms with Crippen molar-refractivity contribution < 1.29 is 9.47 Å². The lowest BCUT2D eigenvalue weighted by Gasteiger charge is -2.11. The third kappa shape index (κ3) is 3.34. The van der Waals surface area contributed by atoms with Crippen molar-refractivity contribution in [3.8, 4) is 0 Å². The van der Waals surface area contributed by atoms with E-state index in [9.17, 15) is 0 Å². The van der Waals surface area contributed by atoms with E-state index in [4.69, 9.17) is 9.47 Å². The zero-order chi connectivity index (χ0) is 15.5. The first kappa shape index (κ1) is 15.3. The number of fused-ring (bicyclic) bond motifs is 3. The fourth-order valence-corrected chi connectivity index (χ4v) is 4.66. The van der Waals surface area contributed by atoms with Crippen molar-refractivity contribution in [2.45, 2.75) is 44.6 Å². The summed E-state index contributed by atoms with van der Waals surface area (Å²) in [6, 6.07) is 0. The number of anilines is 1. The van der Waals surface area contributed by atoms with Crippen LogP contribution in [0, 0.1) is 0 Å². The number of thiophene rings is 1. The van der Waals surface area contributed by atoms with E-state index in [1.54, 1.807) is 6.33 Å². The number of hydrogen-bond acceptors (Lipinski definition) is 6. The summed E-state index contributed by atoms with van der Waals surface area (Å²) in [5.41, 5.74) is 1.47. The third-order valence-electron chi connectivity index (χ3n) is 4.59. The van der Waals surface area contributed by atoms with Gasteiger partial charge in [0.05, 0.1) is 18.1 Å². The molecule has 0 spiro atoms. The van der Waals surface area contributed by atoms with Gasteiger partial charge in [-0.2, -0.15) is 0 Å². The second-order valence-corrected chi connectivity index (χ2v) is 7.33. The number of hydrogen-bond donors (Lipinski definition) is 1. The lowest BCUT2D eigenvalue weighted by atomic mass is 10.2. The second kappa shape index (κ2) is 7.11. The predicted molar refractivity (Wildman–Crippen MR) is 92.3 cm³/mol. The monoisotopic (exact) mass is 333 g/mol. The van der Waals surface area contributed by atoms with Crippen LogP contribution in [0.1, 0.15) is 36.1 Å². The maximum Gasteiger partial charge on any atom is 0.138 e. The van der Waals surface area contributed by atoms with Gasteiger partial charge in [-0.1, -0.05) is 0 Å². The molecule has 6 heteroatoms. The number of ether oxygens (including phenoxy) is 2. The van der Waals surface area contributed by atoms with Crippen LogP contribution in [-0.2, 0) is 22.3 Å². The van der Waals surface area contributed by atoms with Crippen LogP contribution < -0.4 is 5.32 Å². The van der Waals surface area contributed by atoms with Crippen LogP contribution in [0.2, 0.25) is 0 Å². The first-order valence-electron chi connectivity index (χ1n) is 8.60. The van der Waals surface area contributed by atoms with Gasteiger partial charge in [-0.3, -0.25) is 0 Å². The number of nitrogens with zero attached hydrogens (tertiary/aromatic N) is 2. The summed E-state index contributed by atoms with van der Waals surface area (Å²) in [6.07, 6.45) is 8.91. The van der Waals surface area contributed by atoms with E-state index in [1.807, 2.05) is 11.3 Å². The van der Waals surface area contributed by atoms with Gasteiger partial charge in [-0.15, -0.1) is 11.3 Å². The quantitative estimate of drug-likeness (QED) is 0.789. The Morgan fingerprint density at radius 2 is 2.30 bits per heavy atom. The summed E-state index contributed by atoms with van der Waals surface area (Å²) in [5, 5.41) is 4.73. The van der Waals surface area contributed by atoms with Crippen molar-refractivity contribution in [2.75, 3.05) is 31.7 Å². The molecule has 1 fully saturated rings. The van der Waals surface area contributed by atoms with Gasteiger partial charge in [0.1, 0.15) is 17.0 Å². The Balaban J connectivity index is 1.28. The summed E-state index contributed by atoms with van der Waals surface area (Å²) >= 11 is 1.83. The molecule has 0 aromatic carbocycles. The standard InChI is InChI=1S/C17H23N3O2S/c1-5-13-14(6-1)23-17-15(13)16(19-11-20-17)18-7-3-8-21-10-12-4-2-9-22-12/h11-12H,1-10H2,(H,18,19,20). The second-order valence-electron chi connectivity index (χ2n) is 6.25. The van der Waals surface area contributed by atoms with Crippen LogP contribution in [-0.4, -0.2) is 42.4 Å². The molecule has 4 rings (SSSR count). The molecular weight excluding hydrogens is 310 g/mol. The Bertz CT molecular complexity index is 667. The van der Waals surface area contributed by atoms with E-state index in [0.29, 0.717) is 6.10 Å². The normalized spacial score (nSPS) is 20.3. The molecule has 0 amide bonds.